The number of likely N-dealkylation sites (tertiary alicyclic amines) is 1. The molecule has 4 heteroatoms. The molecule has 1 atom stereocenters. The molecule has 18 heavy (non-hydrogen) atoms. The summed E-state index contributed by atoms with van der Waals surface area (Å²) in [6.07, 6.45) is 7.28. The average molecular weight is 254 g/mol. The molecule has 2 rings (SSSR count). The number of hydrogen-bond acceptors (Lipinski definition) is 3. The quantitative estimate of drug-likeness (QED) is 0.804. The molecule has 0 aromatic carbocycles. The second kappa shape index (κ2) is 6.02. The Labute approximate surface area is 110 Å². The van der Waals surface area contributed by atoms with Crippen LogP contribution in [0.5, 0.6) is 0 Å². The Bertz CT molecular complexity index is 290. The summed E-state index contributed by atoms with van der Waals surface area (Å²) >= 11 is 0. The molecular weight excluding hydrogens is 228 g/mol. The summed E-state index contributed by atoms with van der Waals surface area (Å²) in [7, 11) is 0. The molecular formula is C14H26N2O2. The Kier molecular flexibility index (Phi) is 4.62. The molecule has 2 N–H and O–H groups in total. The molecule has 0 aromatic rings. The molecule has 1 aliphatic carbocycles. The fourth-order valence-electron chi connectivity index (χ4n) is 3.39. The predicted octanol–water partition coefficient (Wildman–Crippen LogP) is 1.85. The Morgan fingerprint density at radius 1 is 1.28 bits per heavy atom. The SMILES string of the molecule is CCN1CCCC(NC2CCCC2)(C(=O)O)CC1. The van der Waals surface area contributed by atoms with Crippen molar-refractivity contribution in [2.24, 2.45) is 0 Å². The number of aliphatic carboxylic acids is 1. The van der Waals surface area contributed by atoms with Crippen molar-refractivity contribution < 1.29 is 9.90 Å². The van der Waals surface area contributed by atoms with Crippen molar-refractivity contribution >= 4 is 5.97 Å². The van der Waals surface area contributed by atoms with Crippen LogP contribution in [0.2, 0.25) is 0 Å². The molecule has 1 saturated heterocycles. The molecule has 1 heterocycles. The summed E-state index contributed by atoms with van der Waals surface area (Å²) in [5.74, 6) is -0.646. The first-order chi connectivity index (χ1) is 8.66. The topological polar surface area (TPSA) is 52.6 Å². The monoisotopic (exact) mass is 254 g/mol. The van der Waals surface area contributed by atoms with E-state index in [1.807, 2.05) is 0 Å². The summed E-state index contributed by atoms with van der Waals surface area (Å²) in [6.45, 7) is 5.12. The zero-order chi connectivity index (χ0) is 13.0. The number of rotatable bonds is 4. The summed E-state index contributed by atoms with van der Waals surface area (Å²) < 4.78 is 0. The Hall–Kier alpha value is -0.610. The largest absolute Gasteiger partial charge is 0.480 e. The average Bonchev–Trinajstić information content (AvgIpc) is 2.75. The van der Waals surface area contributed by atoms with Gasteiger partial charge < -0.3 is 10.0 Å². The maximum Gasteiger partial charge on any atom is 0.323 e. The van der Waals surface area contributed by atoms with E-state index in [1.54, 1.807) is 0 Å². The fourth-order valence-corrected chi connectivity index (χ4v) is 3.39. The van der Waals surface area contributed by atoms with Gasteiger partial charge in [0.25, 0.3) is 0 Å². The molecule has 0 aromatic heterocycles. The van der Waals surface area contributed by atoms with Crippen LogP contribution in [0.15, 0.2) is 0 Å². The molecule has 0 bridgehead atoms. The minimum atomic E-state index is -0.668. The van der Waals surface area contributed by atoms with Gasteiger partial charge in [0, 0.05) is 12.6 Å². The normalized spacial score (nSPS) is 31.4. The summed E-state index contributed by atoms with van der Waals surface area (Å²) in [5, 5.41) is 13.1. The number of carboxylic acids is 1. The first-order valence-electron chi connectivity index (χ1n) is 7.40. The zero-order valence-electron chi connectivity index (χ0n) is 11.5. The van der Waals surface area contributed by atoms with Gasteiger partial charge in [-0.05, 0) is 45.2 Å². The van der Waals surface area contributed by atoms with Crippen molar-refractivity contribution in [2.75, 3.05) is 19.6 Å². The highest BCUT2D eigenvalue weighted by molar-refractivity contribution is 5.79. The lowest BCUT2D eigenvalue weighted by Gasteiger charge is -2.32. The summed E-state index contributed by atoms with van der Waals surface area (Å²) in [6, 6.07) is 0.425. The van der Waals surface area contributed by atoms with Gasteiger partial charge in [0.1, 0.15) is 5.54 Å². The highest BCUT2D eigenvalue weighted by Gasteiger charge is 2.41. The third-order valence-electron chi connectivity index (χ3n) is 4.62. The Balaban J connectivity index is 2.03. The fraction of sp³-hybridized carbons (Fsp3) is 0.929. The van der Waals surface area contributed by atoms with Crippen molar-refractivity contribution in [3.8, 4) is 0 Å². The van der Waals surface area contributed by atoms with E-state index in [0.29, 0.717) is 6.04 Å². The van der Waals surface area contributed by atoms with Crippen molar-refractivity contribution in [3.63, 3.8) is 0 Å². The maximum absolute atomic E-state index is 11.7. The maximum atomic E-state index is 11.7. The lowest BCUT2D eigenvalue weighted by Crippen LogP contribution is -2.55. The first kappa shape index (κ1) is 13.8. The van der Waals surface area contributed by atoms with Gasteiger partial charge in [-0.1, -0.05) is 19.8 Å². The van der Waals surface area contributed by atoms with Crippen LogP contribution >= 0.6 is 0 Å². The molecule has 0 amide bonds. The standard InChI is InChI=1S/C14H26N2O2/c1-2-16-10-5-8-14(9-11-16,13(17)18)15-12-6-3-4-7-12/h12,15H,2-11H2,1H3,(H,17,18). The van der Waals surface area contributed by atoms with Crippen LogP contribution in [0.4, 0.5) is 0 Å². The van der Waals surface area contributed by atoms with Crippen LogP contribution < -0.4 is 5.32 Å². The van der Waals surface area contributed by atoms with Gasteiger partial charge in [-0.25, -0.2) is 0 Å². The van der Waals surface area contributed by atoms with Gasteiger partial charge in [-0.3, -0.25) is 10.1 Å². The molecule has 0 spiro atoms. The van der Waals surface area contributed by atoms with E-state index in [2.05, 4.69) is 17.1 Å². The van der Waals surface area contributed by atoms with E-state index in [4.69, 9.17) is 0 Å². The van der Waals surface area contributed by atoms with E-state index >= 15 is 0 Å². The first-order valence-corrected chi connectivity index (χ1v) is 7.40. The van der Waals surface area contributed by atoms with Crippen LogP contribution in [-0.2, 0) is 4.79 Å². The smallest absolute Gasteiger partial charge is 0.323 e. The third-order valence-corrected chi connectivity index (χ3v) is 4.62. The lowest BCUT2D eigenvalue weighted by molar-refractivity contribution is -0.146. The second-order valence-electron chi connectivity index (χ2n) is 5.80. The van der Waals surface area contributed by atoms with Gasteiger partial charge in [-0.15, -0.1) is 0 Å². The van der Waals surface area contributed by atoms with Crippen LogP contribution in [0.3, 0.4) is 0 Å². The second-order valence-corrected chi connectivity index (χ2v) is 5.80. The highest BCUT2D eigenvalue weighted by atomic mass is 16.4. The number of nitrogens with one attached hydrogen (secondary N) is 1. The lowest BCUT2D eigenvalue weighted by atomic mass is 9.89. The van der Waals surface area contributed by atoms with Crippen molar-refractivity contribution in [2.45, 2.75) is 63.5 Å². The zero-order valence-corrected chi connectivity index (χ0v) is 11.5. The van der Waals surface area contributed by atoms with Gasteiger partial charge >= 0.3 is 5.97 Å². The number of hydrogen-bond donors (Lipinski definition) is 2. The van der Waals surface area contributed by atoms with Crippen LogP contribution in [0.1, 0.15) is 51.9 Å². The Morgan fingerprint density at radius 3 is 2.61 bits per heavy atom. The molecule has 2 fully saturated rings. The minimum Gasteiger partial charge on any atom is -0.480 e. The van der Waals surface area contributed by atoms with E-state index in [0.717, 1.165) is 51.7 Å². The predicted molar refractivity (Wildman–Crippen MR) is 71.7 cm³/mol. The molecule has 1 unspecified atom stereocenters. The van der Waals surface area contributed by atoms with Crippen molar-refractivity contribution in [1.29, 1.82) is 0 Å². The molecule has 1 saturated carbocycles. The highest BCUT2D eigenvalue weighted by Crippen LogP contribution is 2.27. The minimum absolute atomic E-state index is 0.425. The summed E-state index contributed by atoms with van der Waals surface area (Å²) in [4.78, 5) is 14.1. The summed E-state index contributed by atoms with van der Waals surface area (Å²) in [5.41, 5.74) is -0.668. The number of carbonyl (C=O) groups is 1. The van der Waals surface area contributed by atoms with Crippen molar-refractivity contribution in [3.05, 3.63) is 0 Å². The van der Waals surface area contributed by atoms with E-state index in [1.165, 1.54) is 12.8 Å². The Morgan fingerprint density at radius 2 is 2.00 bits per heavy atom. The number of carboxylic acid groups (broad SMARTS) is 1. The van der Waals surface area contributed by atoms with Crippen LogP contribution in [0, 0.1) is 0 Å². The van der Waals surface area contributed by atoms with Crippen LogP contribution in [0.25, 0.3) is 0 Å². The number of nitrogens with zero attached hydrogens (tertiary/aromatic N) is 1. The van der Waals surface area contributed by atoms with Gasteiger partial charge in [0.2, 0.25) is 0 Å². The molecule has 104 valence electrons. The molecule has 2 aliphatic rings. The van der Waals surface area contributed by atoms with E-state index < -0.39 is 11.5 Å². The molecule has 1 aliphatic heterocycles. The van der Waals surface area contributed by atoms with Gasteiger partial charge in [0.15, 0.2) is 0 Å². The molecule has 4 nitrogen and oxygen atoms in total. The molecule has 0 radical (unpaired) electrons. The van der Waals surface area contributed by atoms with E-state index in [-0.39, 0.29) is 0 Å². The third kappa shape index (κ3) is 3.04. The van der Waals surface area contributed by atoms with Gasteiger partial charge in [0.05, 0.1) is 0 Å². The van der Waals surface area contributed by atoms with Crippen LogP contribution in [-0.4, -0.2) is 47.2 Å². The van der Waals surface area contributed by atoms with E-state index in [9.17, 15) is 9.90 Å². The van der Waals surface area contributed by atoms with Gasteiger partial charge in [-0.2, -0.15) is 0 Å². The van der Waals surface area contributed by atoms with Crippen molar-refractivity contribution in [1.82, 2.24) is 10.2 Å².